The van der Waals surface area contributed by atoms with Crippen LogP contribution in [0.1, 0.15) is 20.8 Å². The fraction of sp³-hybridized carbons (Fsp3) is 0.100. The number of amides is 1. The van der Waals surface area contributed by atoms with Gasteiger partial charge in [0.05, 0.1) is 11.0 Å². The molecule has 0 unspecified atom stereocenters. The minimum Gasteiger partial charge on any atom is -0.477 e. The Bertz CT molecular complexity index is 1230. The molecule has 140 valence electrons. The summed E-state index contributed by atoms with van der Waals surface area (Å²) in [6.45, 7) is 0. The van der Waals surface area contributed by atoms with E-state index in [4.69, 9.17) is 0 Å². The van der Waals surface area contributed by atoms with Crippen molar-refractivity contribution < 1.29 is 14.7 Å². The van der Waals surface area contributed by atoms with E-state index in [1.165, 1.54) is 11.0 Å². The maximum atomic E-state index is 12.2. The number of benzene rings is 1. The maximum Gasteiger partial charge on any atom is 0.352 e. The number of carboxylic acid groups (broad SMARTS) is 1. The van der Waals surface area contributed by atoms with E-state index >= 15 is 0 Å². The Morgan fingerprint density at radius 2 is 1.96 bits per heavy atom. The van der Waals surface area contributed by atoms with Gasteiger partial charge < -0.3 is 20.3 Å². The van der Waals surface area contributed by atoms with Crippen molar-refractivity contribution in [3.8, 4) is 0 Å². The molecule has 0 saturated carbocycles. The zero-order chi connectivity index (χ0) is 19.8. The summed E-state index contributed by atoms with van der Waals surface area (Å²) < 4.78 is 0. The fourth-order valence-electron chi connectivity index (χ4n) is 3.05. The quantitative estimate of drug-likeness (QED) is 0.505. The van der Waals surface area contributed by atoms with E-state index in [0.29, 0.717) is 28.1 Å². The molecule has 1 amide bonds. The van der Waals surface area contributed by atoms with Crippen molar-refractivity contribution in [2.75, 3.05) is 19.4 Å². The van der Waals surface area contributed by atoms with Gasteiger partial charge in [-0.1, -0.05) is 6.07 Å². The molecule has 0 aliphatic heterocycles. The third-order valence-electron chi connectivity index (χ3n) is 4.38. The molecule has 4 rings (SSSR count). The molecule has 0 atom stereocenters. The van der Waals surface area contributed by atoms with E-state index < -0.39 is 5.97 Å². The number of nitrogens with one attached hydrogen (secondary N) is 2. The topological polar surface area (TPSA) is 111 Å². The van der Waals surface area contributed by atoms with E-state index in [2.05, 4.69) is 20.3 Å². The third-order valence-corrected chi connectivity index (χ3v) is 4.38. The molecule has 3 heterocycles. The van der Waals surface area contributed by atoms with Gasteiger partial charge in [-0.05, 0) is 30.3 Å². The van der Waals surface area contributed by atoms with Crippen LogP contribution >= 0.6 is 0 Å². The minimum atomic E-state index is -1.06. The predicted molar refractivity (Wildman–Crippen MR) is 106 cm³/mol. The SMILES string of the molecule is CN(C)C(=O)c1cccc(Nc2nc3cc(C(=O)O)[nH]c3c3cnccc23)c1. The lowest BCUT2D eigenvalue weighted by Gasteiger charge is -2.13. The monoisotopic (exact) mass is 375 g/mol. The molecule has 8 heteroatoms. The second-order valence-corrected chi connectivity index (χ2v) is 6.54. The molecular weight excluding hydrogens is 358 g/mol. The number of anilines is 2. The number of nitrogens with zero attached hydrogens (tertiary/aromatic N) is 3. The van der Waals surface area contributed by atoms with E-state index in [1.807, 2.05) is 6.07 Å². The van der Waals surface area contributed by atoms with Gasteiger partial charge in [0.2, 0.25) is 0 Å². The molecule has 4 aromatic rings. The van der Waals surface area contributed by atoms with Gasteiger partial charge in [-0.25, -0.2) is 9.78 Å². The van der Waals surface area contributed by atoms with Crippen LogP contribution in [-0.2, 0) is 0 Å². The minimum absolute atomic E-state index is 0.0587. The molecule has 0 aliphatic rings. The lowest BCUT2D eigenvalue weighted by atomic mass is 10.1. The van der Waals surface area contributed by atoms with Crippen molar-refractivity contribution in [3.05, 3.63) is 60.0 Å². The summed E-state index contributed by atoms with van der Waals surface area (Å²) >= 11 is 0. The molecule has 0 saturated heterocycles. The molecular formula is C20H17N5O3. The number of aromatic amines is 1. The molecule has 8 nitrogen and oxygen atoms in total. The number of pyridine rings is 2. The van der Waals surface area contributed by atoms with E-state index in [9.17, 15) is 14.7 Å². The average molecular weight is 375 g/mol. The Hall–Kier alpha value is -3.94. The average Bonchev–Trinajstić information content (AvgIpc) is 3.12. The smallest absolute Gasteiger partial charge is 0.352 e. The first kappa shape index (κ1) is 17.5. The third kappa shape index (κ3) is 3.01. The van der Waals surface area contributed by atoms with Gasteiger partial charge in [0.15, 0.2) is 0 Å². The summed E-state index contributed by atoms with van der Waals surface area (Å²) in [5.41, 5.74) is 2.44. The molecule has 28 heavy (non-hydrogen) atoms. The van der Waals surface area contributed by atoms with Gasteiger partial charge in [-0.15, -0.1) is 0 Å². The number of aromatic carboxylic acids is 1. The number of hydrogen-bond acceptors (Lipinski definition) is 5. The zero-order valence-electron chi connectivity index (χ0n) is 15.2. The highest BCUT2D eigenvalue weighted by Gasteiger charge is 2.15. The fourth-order valence-corrected chi connectivity index (χ4v) is 3.05. The highest BCUT2D eigenvalue weighted by atomic mass is 16.4. The second-order valence-electron chi connectivity index (χ2n) is 6.54. The predicted octanol–water partition coefficient (Wildman–Crippen LogP) is 3.25. The normalized spacial score (nSPS) is 10.9. The lowest BCUT2D eigenvalue weighted by molar-refractivity contribution is 0.0691. The first-order valence-corrected chi connectivity index (χ1v) is 8.52. The summed E-state index contributed by atoms with van der Waals surface area (Å²) in [5, 5.41) is 14.0. The Morgan fingerprint density at radius 1 is 1.14 bits per heavy atom. The van der Waals surface area contributed by atoms with Crippen LogP contribution < -0.4 is 5.32 Å². The van der Waals surface area contributed by atoms with Crippen LogP contribution in [0.4, 0.5) is 11.5 Å². The molecule has 3 N–H and O–H groups in total. The summed E-state index contributed by atoms with van der Waals surface area (Å²) in [7, 11) is 3.40. The number of carboxylic acids is 1. The first-order valence-electron chi connectivity index (χ1n) is 8.52. The summed E-state index contributed by atoms with van der Waals surface area (Å²) in [6, 6.07) is 10.4. The number of carbonyl (C=O) groups excluding carboxylic acids is 1. The van der Waals surface area contributed by atoms with Crippen LogP contribution in [0.5, 0.6) is 0 Å². The summed E-state index contributed by atoms with van der Waals surface area (Å²) in [6.07, 6.45) is 3.31. The Kier molecular flexibility index (Phi) is 4.15. The Balaban J connectivity index is 1.83. The van der Waals surface area contributed by atoms with Gasteiger partial charge in [0.25, 0.3) is 5.91 Å². The number of fused-ring (bicyclic) bond motifs is 3. The summed E-state index contributed by atoms with van der Waals surface area (Å²) in [4.78, 5) is 36.7. The van der Waals surface area contributed by atoms with Crippen LogP contribution in [0.3, 0.4) is 0 Å². The van der Waals surface area contributed by atoms with Crippen molar-refractivity contribution in [1.29, 1.82) is 0 Å². The van der Waals surface area contributed by atoms with Crippen LogP contribution in [0.2, 0.25) is 0 Å². The molecule has 0 spiro atoms. The van der Waals surface area contributed by atoms with E-state index in [0.717, 1.165) is 10.8 Å². The molecule has 0 radical (unpaired) electrons. The van der Waals surface area contributed by atoms with E-state index in [1.54, 1.807) is 50.8 Å². The van der Waals surface area contributed by atoms with Gasteiger partial charge in [0.1, 0.15) is 11.5 Å². The zero-order valence-corrected chi connectivity index (χ0v) is 15.2. The van der Waals surface area contributed by atoms with E-state index in [-0.39, 0.29) is 11.6 Å². The maximum absolute atomic E-state index is 12.2. The molecule has 0 bridgehead atoms. The van der Waals surface area contributed by atoms with Crippen LogP contribution in [-0.4, -0.2) is 50.9 Å². The number of hydrogen-bond donors (Lipinski definition) is 3. The Labute approximate surface area is 159 Å². The van der Waals surface area contributed by atoms with Crippen LogP contribution in [0.15, 0.2) is 48.8 Å². The Morgan fingerprint density at radius 3 is 2.71 bits per heavy atom. The van der Waals surface area contributed by atoms with Crippen LogP contribution in [0.25, 0.3) is 21.8 Å². The standard InChI is InChI=1S/C20H17N5O3/c1-25(2)19(26)11-4-3-5-12(8-11)22-18-13-6-7-21-10-14(13)17-15(24-18)9-16(23-17)20(27)28/h3-10,23H,1-2H3,(H,22,24)(H,27,28). The number of aromatic nitrogens is 3. The highest BCUT2D eigenvalue weighted by Crippen LogP contribution is 2.30. The lowest BCUT2D eigenvalue weighted by Crippen LogP contribution is -2.21. The molecule has 0 fully saturated rings. The molecule has 1 aromatic carbocycles. The first-order chi connectivity index (χ1) is 13.4. The van der Waals surface area contributed by atoms with Crippen molar-refractivity contribution in [3.63, 3.8) is 0 Å². The van der Waals surface area contributed by atoms with Gasteiger partial charge in [0, 0.05) is 48.5 Å². The number of carbonyl (C=O) groups is 2. The van der Waals surface area contributed by atoms with Crippen molar-refractivity contribution in [1.82, 2.24) is 19.9 Å². The van der Waals surface area contributed by atoms with Crippen molar-refractivity contribution in [2.24, 2.45) is 0 Å². The summed E-state index contributed by atoms with van der Waals surface area (Å²) in [5.74, 6) is -0.604. The van der Waals surface area contributed by atoms with Crippen molar-refractivity contribution in [2.45, 2.75) is 0 Å². The largest absolute Gasteiger partial charge is 0.477 e. The van der Waals surface area contributed by atoms with Gasteiger partial charge in [-0.2, -0.15) is 0 Å². The molecule has 3 aromatic heterocycles. The number of rotatable bonds is 4. The second kappa shape index (κ2) is 6.66. The van der Waals surface area contributed by atoms with Crippen LogP contribution in [0, 0.1) is 0 Å². The van der Waals surface area contributed by atoms with Gasteiger partial charge in [-0.3, -0.25) is 9.78 Å². The molecule has 0 aliphatic carbocycles. The van der Waals surface area contributed by atoms with Crippen molar-refractivity contribution >= 4 is 45.2 Å². The van der Waals surface area contributed by atoms with Gasteiger partial charge >= 0.3 is 5.97 Å². The number of H-pyrrole nitrogens is 1. The highest BCUT2D eigenvalue weighted by molar-refractivity contribution is 6.10.